The van der Waals surface area contributed by atoms with E-state index in [9.17, 15) is 5.11 Å². The van der Waals surface area contributed by atoms with Crippen LogP contribution in [-0.2, 0) is 4.74 Å². The van der Waals surface area contributed by atoms with Gasteiger partial charge in [-0.2, -0.15) is 0 Å². The summed E-state index contributed by atoms with van der Waals surface area (Å²) in [5, 5.41) is 9.82. The molecule has 1 atom stereocenters. The van der Waals surface area contributed by atoms with E-state index in [4.69, 9.17) is 10.5 Å². The van der Waals surface area contributed by atoms with Crippen molar-refractivity contribution in [1.29, 1.82) is 0 Å². The molecule has 0 aliphatic carbocycles. The lowest BCUT2D eigenvalue weighted by atomic mass is 9.91. The molecular formula is C8H17NO2. The first kappa shape index (κ1) is 8.97. The van der Waals surface area contributed by atoms with Crippen LogP contribution in [0.4, 0.5) is 0 Å². The van der Waals surface area contributed by atoms with Crippen molar-refractivity contribution in [3.63, 3.8) is 0 Å². The highest BCUT2D eigenvalue weighted by molar-refractivity contribution is 4.92. The van der Waals surface area contributed by atoms with Crippen molar-refractivity contribution >= 4 is 0 Å². The van der Waals surface area contributed by atoms with Crippen LogP contribution in [0.25, 0.3) is 0 Å². The van der Waals surface area contributed by atoms with Crippen molar-refractivity contribution in [3.05, 3.63) is 0 Å². The fourth-order valence-electron chi connectivity index (χ4n) is 1.65. The van der Waals surface area contributed by atoms with Crippen LogP contribution >= 0.6 is 0 Å². The zero-order valence-corrected chi connectivity index (χ0v) is 7.26. The van der Waals surface area contributed by atoms with Crippen LogP contribution in [0.5, 0.6) is 0 Å². The Labute approximate surface area is 67.5 Å². The third-order valence-electron chi connectivity index (χ3n) is 2.10. The Balaban J connectivity index is 2.51. The lowest BCUT2D eigenvalue weighted by Gasteiger charge is -2.21. The fraction of sp³-hybridized carbons (Fsp3) is 1.00. The van der Waals surface area contributed by atoms with E-state index in [1.165, 1.54) is 0 Å². The smallest absolute Gasteiger partial charge is 0.0919 e. The van der Waals surface area contributed by atoms with E-state index < -0.39 is 5.60 Å². The summed E-state index contributed by atoms with van der Waals surface area (Å²) in [6.07, 6.45) is 1.33. The normalized spacial score (nSPS) is 36.0. The average molecular weight is 159 g/mol. The minimum absolute atomic E-state index is 0.177. The van der Waals surface area contributed by atoms with Gasteiger partial charge in [-0.25, -0.2) is 0 Å². The molecular weight excluding hydrogens is 142 g/mol. The van der Waals surface area contributed by atoms with Gasteiger partial charge < -0.3 is 15.6 Å². The number of rotatable bonds is 2. The molecule has 0 radical (unpaired) electrons. The Kier molecular flexibility index (Phi) is 2.23. The average Bonchev–Trinajstić information content (AvgIpc) is 2.07. The zero-order chi connectivity index (χ0) is 8.54. The molecule has 66 valence electrons. The van der Waals surface area contributed by atoms with Gasteiger partial charge in [0.05, 0.1) is 17.8 Å². The molecule has 0 spiro atoms. The van der Waals surface area contributed by atoms with E-state index in [1.807, 2.05) is 13.8 Å². The maximum absolute atomic E-state index is 9.82. The summed E-state index contributed by atoms with van der Waals surface area (Å²) in [4.78, 5) is 0. The maximum Gasteiger partial charge on any atom is 0.0919 e. The number of hydrogen-bond acceptors (Lipinski definition) is 3. The molecule has 0 aromatic rings. The highest BCUT2D eigenvalue weighted by atomic mass is 16.5. The molecule has 0 amide bonds. The van der Waals surface area contributed by atoms with Gasteiger partial charge >= 0.3 is 0 Å². The van der Waals surface area contributed by atoms with E-state index in [0.29, 0.717) is 26.0 Å². The third kappa shape index (κ3) is 2.15. The van der Waals surface area contributed by atoms with Gasteiger partial charge in [-0.15, -0.1) is 0 Å². The topological polar surface area (TPSA) is 55.5 Å². The molecule has 0 aromatic heterocycles. The predicted molar refractivity (Wildman–Crippen MR) is 43.3 cm³/mol. The van der Waals surface area contributed by atoms with Crippen molar-refractivity contribution in [2.24, 2.45) is 5.73 Å². The van der Waals surface area contributed by atoms with Gasteiger partial charge in [0, 0.05) is 6.42 Å². The van der Waals surface area contributed by atoms with Gasteiger partial charge in [-0.1, -0.05) is 0 Å². The molecule has 1 rings (SSSR count). The fourth-order valence-corrected chi connectivity index (χ4v) is 1.65. The van der Waals surface area contributed by atoms with Crippen LogP contribution in [0.3, 0.4) is 0 Å². The standard InChI is InChI=1S/C8H17NO2/c1-7(2)5-8(10,3-4-9)6-11-7/h10H,3-6,9H2,1-2H3. The quantitative estimate of drug-likeness (QED) is 0.608. The second-order valence-corrected chi connectivity index (χ2v) is 3.99. The number of aliphatic hydroxyl groups is 1. The number of hydrogen-bond donors (Lipinski definition) is 2. The molecule has 1 heterocycles. The molecule has 1 aliphatic rings. The van der Waals surface area contributed by atoms with Crippen LogP contribution in [-0.4, -0.2) is 29.5 Å². The van der Waals surface area contributed by atoms with Gasteiger partial charge in [-0.05, 0) is 26.8 Å². The summed E-state index contributed by atoms with van der Waals surface area (Å²) in [5.74, 6) is 0. The summed E-state index contributed by atoms with van der Waals surface area (Å²) in [6, 6.07) is 0. The first-order valence-electron chi connectivity index (χ1n) is 4.04. The Hall–Kier alpha value is -0.120. The lowest BCUT2D eigenvalue weighted by molar-refractivity contribution is 0.00302. The van der Waals surface area contributed by atoms with Gasteiger partial charge in [-0.3, -0.25) is 0 Å². The summed E-state index contributed by atoms with van der Waals surface area (Å²) >= 11 is 0. The molecule has 0 bridgehead atoms. The zero-order valence-electron chi connectivity index (χ0n) is 7.26. The van der Waals surface area contributed by atoms with Crippen molar-refractivity contribution in [2.45, 2.75) is 37.9 Å². The summed E-state index contributed by atoms with van der Waals surface area (Å²) in [7, 11) is 0. The van der Waals surface area contributed by atoms with Crippen LogP contribution < -0.4 is 5.73 Å². The predicted octanol–water partition coefficient (Wildman–Crippen LogP) is 0.265. The first-order chi connectivity index (χ1) is 4.97. The van der Waals surface area contributed by atoms with E-state index in [1.54, 1.807) is 0 Å². The molecule has 3 nitrogen and oxygen atoms in total. The molecule has 1 unspecified atom stereocenters. The van der Waals surface area contributed by atoms with Crippen molar-refractivity contribution < 1.29 is 9.84 Å². The lowest BCUT2D eigenvalue weighted by Crippen LogP contribution is -2.33. The minimum atomic E-state index is -0.668. The van der Waals surface area contributed by atoms with Crippen LogP contribution in [0.2, 0.25) is 0 Å². The molecule has 3 heteroatoms. The molecule has 1 aliphatic heterocycles. The highest BCUT2D eigenvalue weighted by Crippen LogP contribution is 2.33. The first-order valence-corrected chi connectivity index (χ1v) is 4.04. The second kappa shape index (κ2) is 2.73. The van der Waals surface area contributed by atoms with Gasteiger partial charge in [0.1, 0.15) is 0 Å². The Bertz CT molecular complexity index is 147. The molecule has 3 N–H and O–H groups in total. The van der Waals surface area contributed by atoms with Gasteiger partial charge in [0.2, 0.25) is 0 Å². The van der Waals surface area contributed by atoms with E-state index >= 15 is 0 Å². The Morgan fingerprint density at radius 1 is 1.55 bits per heavy atom. The molecule has 1 saturated heterocycles. The molecule has 1 fully saturated rings. The van der Waals surface area contributed by atoms with E-state index in [-0.39, 0.29) is 5.60 Å². The van der Waals surface area contributed by atoms with Crippen molar-refractivity contribution in [3.8, 4) is 0 Å². The second-order valence-electron chi connectivity index (χ2n) is 3.99. The van der Waals surface area contributed by atoms with Crippen LogP contribution in [0, 0.1) is 0 Å². The van der Waals surface area contributed by atoms with E-state index in [0.717, 1.165) is 0 Å². The maximum atomic E-state index is 9.82. The third-order valence-corrected chi connectivity index (χ3v) is 2.10. The minimum Gasteiger partial charge on any atom is -0.387 e. The monoisotopic (exact) mass is 159 g/mol. The summed E-state index contributed by atoms with van der Waals surface area (Å²) in [5.41, 5.74) is 4.52. The number of nitrogens with two attached hydrogens (primary N) is 1. The van der Waals surface area contributed by atoms with Crippen molar-refractivity contribution in [1.82, 2.24) is 0 Å². The highest BCUT2D eigenvalue weighted by Gasteiger charge is 2.42. The Morgan fingerprint density at radius 2 is 2.18 bits per heavy atom. The van der Waals surface area contributed by atoms with Gasteiger partial charge in [0.25, 0.3) is 0 Å². The summed E-state index contributed by atoms with van der Waals surface area (Å²) < 4.78 is 5.40. The molecule has 11 heavy (non-hydrogen) atoms. The van der Waals surface area contributed by atoms with Crippen molar-refractivity contribution in [2.75, 3.05) is 13.2 Å². The van der Waals surface area contributed by atoms with Gasteiger partial charge in [0.15, 0.2) is 0 Å². The Morgan fingerprint density at radius 3 is 2.55 bits per heavy atom. The molecule has 0 aromatic carbocycles. The largest absolute Gasteiger partial charge is 0.387 e. The summed E-state index contributed by atoms with van der Waals surface area (Å²) in [6.45, 7) is 4.93. The number of ether oxygens (including phenoxy) is 1. The van der Waals surface area contributed by atoms with E-state index in [2.05, 4.69) is 0 Å². The van der Waals surface area contributed by atoms with Crippen LogP contribution in [0.15, 0.2) is 0 Å². The molecule has 0 saturated carbocycles. The van der Waals surface area contributed by atoms with Crippen LogP contribution in [0.1, 0.15) is 26.7 Å². The SMILES string of the molecule is CC1(C)CC(O)(CCN)CO1.